The largest absolute Gasteiger partial charge is 0.378 e. The number of ether oxygens (including phenoxy) is 1. The molecule has 1 amide bonds. The highest BCUT2D eigenvalue weighted by atomic mass is 35.5. The minimum absolute atomic E-state index is 0.188. The van der Waals surface area contributed by atoms with E-state index in [0.29, 0.717) is 35.7 Å². The third-order valence-corrected chi connectivity index (χ3v) is 5.09. The zero-order chi connectivity index (χ0) is 18.4. The molecule has 0 spiro atoms. The van der Waals surface area contributed by atoms with E-state index in [1.54, 1.807) is 11.6 Å². The molecule has 1 aromatic heterocycles. The van der Waals surface area contributed by atoms with Gasteiger partial charge in [-0.1, -0.05) is 49.1 Å². The molecule has 5 nitrogen and oxygen atoms in total. The van der Waals surface area contributed by atoms with E-state index in [2.05, 4.69) is 10.4 Å². The third kappa shape index (κ3) is 4.65. The molecule has 0 saturated heterocycles. The van der Waals surface area contributed by atoms with Gasteiger partial charge in [-0.15, -0.1) is 0 Å². The van der Waals surface area contributed by atoms with Crippen molar-refractivity contribution in [3.8, 4) is 5.69 Å². The molecule has 1 fully saturated rings. The van der Waals surface area contributed by atoms with Crippen LogP contribution in [0.15, 0.2) is 30.3 Å². The Balaban J connectivity index is 1.51. The lowest BCUT2D eigenvalue weighted by Crippen LogP contribution is -2.26. The molecular weight excluding hydrogens is 350 g/mol. The Bertz CT molecular complexity index is 724. The summed E-state index contributed by atoms with van der Waals surface area (Å²) in [5.74, 6) is -0.188. The SMILES string of the molecule is Cc1nn(-c2ccccc2)c(Cl)c1C(=O)NCCCOC1CCCCC1. The van der Waals surface area contributed by atoms with E-state index in [0.717, 1.165) is 12.1 Å². The van der Waals surface area contributed by atoms with Crippen LogP contribution < -0.4 is 5.32 Å². The maximum absolute atomic E-state index is 12.5. The van der Waals surface area contributed by atoms with Gasteiger partial charge in [-0.2, -0.15) is 5.10 Å². The van der Waals surface area contributed by atoms with Crippen molar-refractivity contribution < 1.29 is 9.53 Å². The van der Waals surface area contributed by atoms with Crippen molar-refractivity contribution in [2.75, 3.05) is 13.2 Å². The highest BCUT2D eigenvalue weighted by Gasteiger charge is 2.20. The van der Waals surface area contributed by atoms with E-state index in [4.69, 9.17) is 16.3 Å². The summed E-state index contributed by atoms with van der Waals surface area (Å²) in [7, 11) is 0. The van der Waals surface area contributed by atoms with Gasteiger partial charge in [0, 0.05) is 13.2 Å². The van der Waals surface area contributed by atoms with Crippen molar-refractivity contribution in [3.05, 3.63) is 46.7 Å². The number of benzene rings is 1. The van der Waals surface area contributed by atoms with Crippen LogP contribution in [-0.2, 0) is 4.74 Å². The standard InChI is InChI=1S/C20H26ClN3O2/c1-15-18(19(21)24(23-15)16-9-4-2-5-10-16)20(25)22-13-8-14-26-17-11-6-3-7-12-17/h2,4-5,9-10,17H,3,6-8,11-14H2,1H3,(H,22,25). The molecule has 6 heteroatoms. The molecule has 1 N–H and O–H groups in total. The number of hydrogen-bond acceptors (Lipinski definition) is 3. The lowest BCUT2D eigenvalue weighted by atomic mass is 9.98. The van der Waals surface area contributed by atoms with Crippen LogP contribution in [0.4, 0.5) is 0 Å². The first-order valence-corrected chi connectivity index (χ1v) is 9.75. The van der Waals surface area contributed by atoms with E-state index in [1.165, 1.54) is 32.1 Å². The molecule has 26 heavy (non-hydrogen) atoms. The molecule has 0 radical (unpaired) electrons. The summed E-state index contributed by atoms with van der Waals surface area (Å²) >= 11 is 6.42. The maximum Gasteiger partial charge on any atom is 0.256 e. The number of aryl methyl sites for hydroxylation is 1. The second-order valence-corrected chi connectivity index (χ2v) is 7.10. The fourth-order valence-electron chi connectivity index (χ4n) is 3.34. The van der Waals surface area contributed by atoms with Gasteiger partial charge in [0.2, 0.25) is 0 Å². The molecule has 2 aromatic rings. The highest BCUT2D eigenvalue weighted by Crippen LogP contribution is 2.23. The van der Waals surface area contributed by atoms with Crippen LogP contribution in [0.5, 0.6) is 0 Å². The smallest absolute Gasteiger partial charge is 0.256 e. The molecule has 0 aliphatic heterocycles. The lowest BCUT2D eigenvalue weighted by Gasteiger charge is -2.21. The topological polar surface area (TPSA) is 56.2 Å². The Kier molecular flexibility index (Phi) is 6.69. The number of nitrogens with zero attached hydrogens (tertiary/aromatic N) is 2. The van der Waals surface area contributed by atoms with Crippen molar-refractivity contribution in [1.82, 2.24) is 15.1 Å². The summed E-state index contributed by atoms with van der Waals surface area (Å²) in [5, 5.41) is 7.67. The number of rotatable bonds is 7. The van der Waals surface area contributed by atoms with E-state index >= 15 is 0 Å². The Morgan fingerprint density at radius 1 is 1.27 bits per heavy atom. The zero-order valence-electron chi connectivity index (χ0n) is 15.2. The van der Waals surface area contributed by atoms with Gasteiger partial charge < -0.3 is 10.1 Å². The molecule has 1 aromatic carbocycles. The highest BCUT2D eigenvalue weighted by molar-refractivity contribution is 6.33. The number of nitrogens with one attached hydrogen (secondary N) is 1. The average Bonchev–Trinajstić information content (AvgIpc) is 2.97. The Labute approximate surface area is 159 Å². The molecular formula is C20H26ClN3O2. The van der Waals surface area contributed by atoms with Crippen molar-refractivity contribution in [3.63, 3.8) is 0 Å². The number of aromatic nitrogens is 2. The molecule has 1 aliphatic rings. The van der Waals surface area contributed by atoms with Crippen LogP contribution in [0.25, 0.3) is 5.69 Å². The Morgan fingerprint density at radius 2 is 2.00 bits per heavy atom. The van der Waals surface area contributed by atoms with Gasteiger partial charge in [0.05, 0.1) is 23.0 Å². The fourth-order valence-corrected chi connectivity index (χ4v) is 3.70. The molecule has 140 valence electrons. The third-order valence-electron chi connectivity index (χ3n) is 4.74. The monoisotopic (exact) mass is 375 g/mol. The van der Waals surface area contributed by atoms with E-state index in [9.17, 15) is 4.79 Å². The predicted octanol–water partition coefficient (Wildman–Crippen LogP) is 4.30. The molecule has 3 rings (SSSR count). The maximum atomic E-state index is 12.5. The number of hydrogen-bond donors (Lipinski definition) is 1. The van der Waals surface area contributed by atoms with Gasteiger partial charge >= 0.3 is 0 Å². The van der Waals surface area contributed by atoms with Gasteiger partial charge in [-0.05, 0) is 38.3 Å². The van der Waals surface area contributed by atoms with Crippen LogP contribution in [-0.4, -0.2) is 34.9 Å². The van der Waals surface area contributed by atoms with Crippen LogP contribution >= 0.6 is 11.6 Å². The summed E-state index contributed by atoms with van der Waals surface area (Å²) in [4.78, 5) is 12.5. The van der Waals surface area contributed by atoms with Crippen LogP contribution in [0.1, 0.15) is 54.6 Å². The van der Waals surface area contributed by atoms with Gasteiger partial charge in [0.25, 0.3) is 5.91 Å². The van der Waals surface area contributed by atoms with Gasteiger partial charge in [-0.3, -0.25) is 4.79 Å². The molecule has 1 heterocycles. The summed E-state index contributed by atoms with van der Waals surface area (Å²) in [6.07, 6.45) is 7.40. The van der Waals surface area contributed by atoms with Crippen molar-refractivity contribution in [2.45, 2.75) is 51.6 Å². The van der Waals surface area contributed by atoms with Gasteiger partial charge in [0.1, 0.15) is 5.15 Å². The van der Waals surface area contributed by atoms with Crippen molar-refractivity contribution >= 4 is 17.5 Å². The van der Waals surface area contributed by atoms with Gasteiger partial charge in [-0.25, -0.2) is 4.68 Å². The quantitative estimate of drug-likeness (QED) is 0.734. The number of amides is 1. The minimum atomic E-state index is -0.188. The zero-order valence-corrected chi connectivity index (χ0v) is 16.0. The summed E-state index contributed by atoms with van der Waals surface area (Å²) in [5.41, 5.74) is 1.89. The number of para-hydroxylation sites is 1. The minimum Gasteiger partial charge on any atom is -0.378 e. The molecule has 1 saturated carbocycles. The lowest BCUT2D eigenvalue weighted by molar-refractivity contribution is 0.0273. The average molecular weight is 376 g/mol. The number of carbonyl (C=O) groups excluding carboxylic acids is 1. The number of halogens is 1. The second kappa shape index (κ2) is 9.19. The summed E-state index contributed by atoms with van der Waals surface area (Å²) in [6, 6.07) is 9.56. The normalized spacial score (nSPS) is 15.2. The Morgan fingerprint density at radius 3 is 2.73 bits per heavy atom. The first-order chi connectivity index (χ1) is 12.7. The number of carbonyl (C=O) groups is 1. The van der Waals surface area contributed by atoms with Crippen LogP contribution in [0.2, 0.25) is 5.15 Å². The first kappa shape index (κ1) is 18.9. The fraction of sp³-hybridized carbons (Fsp3) is 0.500. The molecule has 1 aliphatic carbocycles. The van der Waals surface area contributed by atoms with Crippen LogP contribution in [0, 0.1) is 6.92 Å². The van der Waals surface area contributed by atoms with Crippen LogP contribution in [0.3, 0.4) is 0 Å². The van der Waals surface area contributed by atoms with E-state index < -0.39 is 0 Å². The summed E-state index contributed by atoms with van der Waals surface area (Å²) in [6.45, 7) is 3.05. The molecule has 0 atom stereocenters. The van der Waals surface area contributed by atoms with Crippen molar-refractivity contribution in [2.24, 2.45) is 0 Å². The van der Waals surface area contributed by atoms with E-state index in [-0.39, 0.29) is 5.91 Å². The second-order valence-electron chi connectivity index (χ2n) is 6.74. The first-order valence-electron chi connectivity index (χ1n) is 9.37. The Hall–Kier alpha value is -1.85. The van der Waals surface area contributed by atoms with Crippen molar-refractivity contribution in [1.29, 1.82) is 0 Å². The predicted molar refractivity (Wildman–Crippen MR) is 103 cm³/mol. The molecule has 0 unspecified atom stereocenters. The summed E-state index contributed by atoms with van der Waals surface area (Å²) < 4.78 is 7.48. The van der Waals surface area contributed by atoms with E-state index in [1.807, 2.05) is 30.3 Å². The molecule has 0 bridgehead atoms. The van der Waals surface area contributed by atoms with Gasteiger partial charge in [0.15, 0.2) is 0 Å².